The van der Waals surface area contributed by atoms with E-state index in [0.29, 0.717) is 6.04 Å². The maximum absolute atomic E-state index is 10.8. The highest BCUT2D eigenvalue weighted by Gasteiger charge is 2.26. The number of carbonyl (C=O) groups is 1. The van der Waals surface area contributed by atoms with Crippen molar-refractivity contribution in [2.24, 2.45) is 5.73 Å². The van der Waals surface area contributed by atoms with Crippen molar-refractivity contribution in [3.8, 4) is 0 Å². The van der Waals surface area contributed by atoms with Gasteiger partial charge < -0.3 is 10.6 Å². The van der Waals surface area contributed by atoms with Crippen molar-refractivity contribution < 1.29 is 4.79 Å². The topological polar surface area (TPSA) is 46.3 Å². The second-order valence-corrected chi connectivity index (χ2v) is 2.43. The minimum atomic E-state index is 0.0775. The molecule has 3 nitrogen and oxygen atoms in total. The summed E-state index contributed by atoms with van der Waals surface area (Å²) < 4.78 is 0. The SMILES string of the molecule is CC1CCN1C(=O)CN. The number of amides is 1. The lowest BCUT2D eigenvalue weighted by Gasteiger charge is -2.38. The lowest BCUT2D eigenvalue weighted by atomic mass is 10.1. The monoisotopic (exact) mass is 128 g/mol. The van der Waals surface area contributed by atoms with Gasteiger partial charge in [-0.2, -0.15) is 0 Å². The van der Waals surface area contributed by atoms with Gasteiger partial charge in [-0.3, -0.25) is 4.79 Å². The molecule has 0 aromatic rings. The molecule has 9 heavy (non-hydrogen) atoms. The summed E-state index contributed by atoms with van der Waals surface area (Å²) in [7, 11) is 0. The lowest BCUT2D eigenvalue weighted by molar-refractivity contribution is -0.136. The van der Waals surface area contributed by atoms with Crippen LogP contribution in [0.1, 0.15) is 13.3 Å². The van der Waals surface area contributed by atoms with Crippen LogP contribution in [0.5, 0.6) is 0 Å². The Morgan fingerprint density at radius 3 is 2.67 bits per heavy atom. The Hall–Kier alpha value is -0.570. The molecule has 1 aliphatic rings. The summed E-state index contributed by atoms with van der Waals surface area (Å²) in [6, 6.07) is 0.432. The average molecular weight is 128 g/mol. The zero-order chi connectivity index (χ0) is 6.85. The molecule has 1 fully saturated rings. The molecule has 1 rings (SSSR count). The fourth-order valence-electron chi connectivity index (χ4n) is 1.00. The predicted molar refractivity (Wildman–Crippen MR) is 34.8 cm³/mol. The second-order valence-electron chi connectivity index (χ2n) is 2.43. The van der Waals surface area contributed by atoms with Gasteiger partial charge >= 0.3 is 0 Å². The molecule has 0 aromatic heterocycles. The van der Waals surface area contributed by atoms with E-state index in [1.54, 1.807) is 4.90 Å². The highest BCUT2D eigenvalue weighted by molar-refractivity contribution is 5.79. The predicted octanol–water partition coefficient (Wildman–Crippen LogP) is -0.434. The van der Waals surface area contributed by atoms with Crippen molar-refractivity contribution in [2.75, 3.05) is 13.1 Å². The van der Waals surface area contributed by atoms with E-state index in [9.17, 15) is 4.79 Å². The molecule has 1 atom stereocenters. The minimum absolute atomic E-state index is 0.0775. The van der Waals surface area contributed by atoms with Gasteiger partial charge in [0, 0.05) is 12.6 Å². The van der Waals surface area contributed by atoms with Crippen LogP contribution in [0.2, 0.25) is 0 Å². The summed E-state index contributed by atoms with van der Waals surface area (Å²) in [6.07, 6.45) is 1.13. The molecule has 1 heterocycles. The molecule has 0 spiro atoms. The molecule has 3 heteroatoms. The van der Waals surface area contributed by atoms with Crippen molar-refractivity contribution >= 4 is 5.91 Å². The molecule has 1 unspecified atom stereocenters. The van der Waals surface area contributed by atoms with E-state index in [1.165, 1.54) is 0 Å². The molecule has 0 radical (unpaired) electrons. The molecule has 1 amide bonds. The van der Waals surface area contributed by atoms with Crippen LogP contribution in [0.25, 0.3) is 0 Å². The molecule has 0 aromatic carbocycles. The Morgan fingerprint density at radius 2 is 2.56 bits per heavy atom. The largest absolute Gasteiger partial charge is 0.339 e. The molecule has 1 aliphatic heterocycles. The van der Waals surface area contributed by atoms with Crippen LogP contribution in [-0.2, 0) is 4.79 Å². The summed E-state index contributed by atoms with van der Waals surface area (Å²) in [5, 5.41) is 0. The Labute approximate surface area is 54.8 Å². The van der Waals surface area contributed by atoms with Gasteiger partial charge in [-0.25, -0.2) is 0 Å². The summed E-state index contributed by atoms with van der Waals surface area (Å²) >= 11 is 0. The van der Waals surface area contributed by atoms with Crippen molar-refractivity contribution in [1.82, 2.24) is 4.90 Å². The molecule has 0 saturated carbocycles. The lowest BCUT2D eigenvalue weighted by Crippen LogP contribution is -2.51. The third-order valence-electron chi connectivity index (χ3n) is 1.81. The first kappa shape index (κ1) is 6.55. The van der Waals surface area contributed by atoms with E-state index in [4.69, 9.17) is 5.73 Å². The number of hydrogen-bond acceptors (Lipinski definition) is 2. The number of nitrogens with zero attached hydrogens (tertiary/aromatic N) is 1. The zero-order valence-electron chi connectivity index (χ0n) is 5.63. The number of nitrogens with two attached hydrogens (primary N) is 1. The summed E-state index contributed by atoms with van der Waals surface area (Å²) in [6.45, 7) is 3.10. The quantitative estimate of drug-likeness (QED) is 0.520. The highest BCUT2D eigenvalue weighted by atomic mass is 16.2. The Bertz CT molecular complexity index is 124. The summed E-state index contributed by atoms with van der Waals surface area (Å²) in [4.78, 5) is 12.6. The Balaban J connectivity index is 2.35. The Morgan fingerprint density at radius 1 is 1.89 bits per heavy atom. The fourth-order valence-corrected chi connectivity index (χ4v) is 1.00. The molecule has 0 bridgehead atoms. The first-order chi connectivity index (χ1) is 4.25. The first-order valence-corrected chi connectivity index (χ1v) is 3.25. The highest BCUT2D eigenvalue weighted by Crippen LogP contribution is 2.15. The summed E-state index contributed by atoms with van der Waals surface area (Å²) in [5.74, 6) is 0.0775. The van der Waals surface area contributed by atoms with E-state index in [0.717, 1.165) is 13.0 Å². The molecule has 2 N–H and O–H groups in total. The number of likely N-dealkylation sites (tertiary alicyclic amines) is 1. The molecular weight excluding hydrogens is 116 g/mol. The van der Waals surface area contributed by atoms with Crippen molar-refractivity contribution in [1.29, 1.82) is 0 Å². The van der Waals surface area contributed by atoms with Gasteiger partial charge in [0.25, 0.3) is 0 Å². The number of carbonyl (C=O) groups excluding carboxylic acids is 1. The zero-order valence-corrected chi connectivity index (χ0v) is 5.63. The number of rotatable bonds is 1. The van der Waals surface area contributed by atoms with E-state index in [1.807, 2.05) is 6.92 Å². The Kier molecular flexibility index (Phi) is 1.71. The summed E-state index contributed by atoms with van der Waals surface area (Å²) in [5.41, 5.74) is 5.15. The van der Waals surface area contributed by atoms with Crippen molar-refractivity contribution in [2.45, 2.75) is 19.4 Å². The molecule has 52 valence electrons. The van der Waals surface area contributed by atoms with E-state index in [2.05, 4.69) is 0 Å². The van der Waals surface area contributed by atoms with Crippen LogP contribution < -0.4 is 5.73 Å². The van der Waals surface area contributed by atoms with Gasteiger partial charge in [0.2, 0.25) is 5.91 Å². The standard InChI is InChI=1S/C6H12N2O/c1-5-2-3-8(5)6(9)4-7/h5H,2-4,7H2,1H3. The van der Waals surface area contributed by atoms with Crippen LogP contribution in [0.4, 0.5) is 0 Å². The van der Waals surface area contributed by atoms with Gasteiger partial charge in [0.05, 0.1) is 6.54 Å². The second kappa shape index (κ2) is 2.35. The van der Waals surface area contributed by atoms with Gasteiger partial charge in [-0.1, -0.05) is 0 Å². The van der Waals surface area contributed by atoms with E-state index in [-0.39, 0.29) is 12.5 Å². The third-order valence-corrected chi connectivity index (χ3v) is 1.81. The third kappa shape index (κ3) is 1.05. The van der Waals surface area contributed by atoms with Crippen LogP contribution >= 0.6 is 0 Å². The average Bonchev–Trinajstić information content (AvgIpc) is 1.84. The minimum Gasteiger partial charge on any atom is -0.339 e. The number of hydrogen-bond donors (Lipinski definition) is 1. The van der Waals surface area contributed by atoms with Crippen molar-refractivity contribution in [3.63, 3.8) is 0 Å². The first-order valence-electron chi connectivity index (χ1n) is 3.25. The van der Waals surface area contributed by atoms with Gasteiger partial charge in [-0.05, 0) is 13.3 Å². The van der Waals surface area contributed by atoms with Gasteiger partial charge in [0.1, 0.15) is 0 Å². The van der Waals surface area contributed by atoms with Gasteiger partial charge in [0.15, 0.2) is 0 Å². The van der Waals surface area contributed by atoms with E-state index >= 15 is 0 Å². The van der Waals surface area contributed by atoms with Crippen LogP contribution in [0.15, 0.2) is 0 Å². The maximum atomic E-state index is 10.8. The van der Waals surface area contributed by atoms with Crippen molar-refractivity contribution in [3.05, 3.63) is 0 Å². The smallest absolute Gasteiger partial charge is 0.236 e. The van der Waals surface area contributed by atoms with Crippen LogP contribution in [0.3, 0.4) is 0 Å². The van der Waals surface area contributed by atoms with Gasteiger partial charge in [-0.15, -0.1) is 0 Å². The molecule has 0 aliphatic carbocycles. The molecular formula is C6H12N2O. The fraction of sp³-hybridized carbons (Fsp3) is 0.833. The van der Waals surface area contributed by atoms with E-state index < -0.39 is 0 Å². The van der Waals surface area contributed by atoms with Crippen LogP contribution in [-0.4, -0.2) is 29.9 Å². The normalized spacial score (nSPS) is 25.6. The molecule has 1 saturated heterocycles. The van der Waals surface area contributed by atoms with Crippen LogP contribution in [0, 0.1) is 0 Å². The maximum Gasteiger partial charge on any atom is 0.236 e.